The Hall–Kier alpha value is 0.419. The Balaban J connectivity index is 3.08. The number of methoxy groups -OCH3 is 2. The SMILES string of the molecule is CCC[CH2][Sn]([CH2]CCC)([CH2]CCC)[c]1ccc(C(OC)OC)s1. The van der Waals surface area contributed by atoms with Crippen molar-refractivity contribution in [1.82, 2.24) is 0 Å². The number of thiophene rings is 1. The van der Waals surface area contributed by atoms with Crippen LogP contribution in [0.1, 0.15) is 70.5 Å². The van der Waals surface area contributed by atoms with E-state index < -0.39 is 18.4 Å². The van der Waals surface area contributed by atoms with Crippen LogP contribution in [0.15, 0.2) is 12.1 Å². The van der Waals surface area contributed by atoms with Crippen molar-refractivity contribution < 1.29 is 9.47 Å². The minimum atomic E-state index is -2.27. The number of unbranched alkanes of at least 4 members (excludes halogenated alkanes) is 3. The van der Waals surface area contributed by atoms with Crippen LogP contribution in [0, 0.1) is 0 Å². The molecule has 0 saturated heterocycles. The average molecular weight is 447 g/mol. The summed E-state index contributed by atoms with van der Waals surface area (Å²) in [6.07, 6.45) is 8.02. The summed E-state index contributed by atoms with van der Waals surface area (Å²) in [6.45, 7) is 7.01. The van der Waals surface area contributed by atoms with Gasteiger partial charge in [-0.25, -0.2) is 0 Å². The Morgan fingerprint density at radius 1 is 0.870 bits per heavy atom. The molecule has 1 rings (SSSR count). The first-order chi connectivity index (χ1) is 11.2. The maximum atomic E-state index is 5.47. The molecular formula is C19H36O2SSn. The van der Waals surface area contributed by atoms with Gasteiger partial charge in [0.05, 0.1) is 0 Å². The van der Waals surface area contributed by atoms with Crippen LogP contribution >= 0.6 is 11.3 Å². The van der Waals surface area contributed by atoms with Crippen LogP contribution in [0.2, 0.25) is 13.3 Å². The van der Waals surface area contributed by atoms with Crippen molar-refractivity contribution in [3.8, 4) is 0 Å². The Morgan fingerprint density at radius 2 is 1.35 bits per heavy atom. The molecule has 0 aliphatic heterocycles. The normalized spacial score (nSPS) is 12.3. The zero-order valence-electron chi connectivity index (χ0n) is 15.8. The Kier molecular flexibility index (Phi) is 11.1. The standard InChI is InChI=1S/C7H9O2S.3C4H9.Sn/c1-8-7(9-2)6-4-3-5-10-6;3*1-3-4-2;/h3-4,7H,1-2H3;3*1,3-4H2,2H3;. The molecule has 0 bridgehead atoms. The van der Waals surface area contributed by atoms with E-state index in [4.69, 9.17) is 9.47 Å². The van der Waals surface area contributed by atoms with Crippen molar-refractivity contribution in [2.24, 2.45) is 0 Å². The fourth-order valence-corrected chi connectivity index (χ4v) is 23.7. The molecule has 1 aromatic heterocycles. The molecule has 134 valence electrons. The van der Waals surface area contributed by atoms with Gasteiger partial charge < -0.3 is 0 Å². The van der Waals surface area contributed by atoms with Gasteiger partial charge in [0, 0.05) is 0 Å². The number of hydrogen-bond acceptors (Lipinski definition) is 3. The van der Waals surface area contributed by atoms with E-state index in [0.717, 1.165) is 0 Å². The fraction of sp³-hybridized carbons (Fsp3) is 0.789. The molecule has 0 radical (unpaired) electrons. The summed E-state index contributed by atoms with van der Waals surface area (Å²) in [4.78, 5) is 1.25. The van der Waals surface area contributed by atoms with Crippen LogP contribution in [0.5, 0.6) is 0 Å². The number of ether oxygens (including phenoxy) is 2. The maximum absolute atomic E-state index is 5.47. The number of rotatable bonds is 13. The third kappa shape index (κ3) is 6.33. The molecular weight excluding hydrogens is 411 g/mol. The predicted molar refractivity (Wildman–Crippen MR) is 106 cm³/mol. The molecule has 0 aliphatic carbocycles. The van der Waals surface area contributed by atoms with Crippen LogP contribution in [-0.2, 0) is 9.47 Å². The predicted octanol–water partition coefficient (Wildman–Crippen LogP) is 6.10. The van der Waals surface area contributed by atoms with E-state index in [1.165, 1.54) is 56.7 Å². The van der Waals surface area contributed by atoms with E-state index in [1.54, 1.807) is 17.1 Å². The first-order valence-electron chi connectivity index (χ1n) is 9.33. The van der Waals surface area contributed by atoms with Gasteiger partial charge in [0.15, 0.2) is 0 Å². The molecule has 0 saturated carbocycles. The second-order valence-electron chi connectivity index (χ2n) is 6.60. The van der Waals surface area contributed by atoms with Gasteiger partial charge in [-0.15, -0.1) is 0 Å². The summed E-state index contributed by atoms with van der Waals surface area (Å²) in [7, 11) is 3.46. The van der Waals surface area contributed by atoms with Gasteiger partial charge in [-0.2, -0.15) is 0 Å². The second-order valence-corrected chi connectivity index (χ2v) is 21.9. The minimum absolute atomic E-state index is 0.193. The average Bonchev–Trinajstić information content (AvgIpc) is 3.06. The van der Waals surface area contributed by atoms with Gasteiger partial charge in [-0.1, -0.05) is 0 Å². The van der Waals surface area contributed by atoms with Crippen molar-refractivity contribution >= 4 is 32.6 Å². The van der Waals surface area contributed by atoms with E-state index in [-0.39, 0.29) is 6.29 Å². The summed E-state index contributed by atoms with van der Waals surface area (Å²) in [5, 5.41) is 0. The summed E-state index contributed by atoms with van der Waals surface area (Å²) in [5.74, 6) is 0. The molecule has 23 heavy (non-hydrogen) atoms. The van der Waals surface area contributed by atoms with Crippen LogP contribution in [0.25, 0.3) is 0 Å². The van der Waals surface area contributed by atoms with E-state index in [2.05, 4.69) is 32.9 Å². The molecule has 0 N–H and O–H groups in total. The molecule has 0 atom stereocenters. The summed E-state index contributed by atoms with van der Waals surface area (Å²) in [5.41, 5.74) is 0. The summed E-state index contributed by atoms with van der Waals surface area (Å²) >= 11 is -0.275. The van der Waals surface area contributed by atoms with Gasteiger partial charge in [0.1, 0.15) is 0 Å². The second kappa shape index (κ2) is 11.9. The molecule has 4 heteroatoms. The Labute approximate surface area is 151 Å². The number of hydrogen-bond donors (Lipinski definition) is 0. The van der Waals surface area contributed by atoms with Gasteiger partial charge in [0.2, 0.25) is 0 Å². The van der Waals surface area contributed by atoms with Crippen LogP contribution in [-0.4, -0.2) is 32.6 Å². The monoisotopic (exact) mass is 448 g/mol. The zero-order valence-corrected chi connectivity index (χ0v) is 19.5. The molecule has 2 nitrogen and oxygen atoms in total. The third-order valence-corrected chi connectivity index (χ3v) is 24.2. The Morgan fingerprint density at radius 3 is 1.74 bits per heavy atom. The first-order valence-corrected chi connectivity index (χ1v) is 17.6. The van der Waals surface area contributed by atoms with E-state index in [0.29, 0.717) is 0 Å². The van der Waals surface area contributed by atoms with Gasteiger partial charge in [0.25, 0.3) is 0 Å². The zero-order chi connectivity index (χ0) is 17.1. The molecule has 0 unspecified atom stereocenters. The third-order valence-electron chi connectivity index (χ3n) is 4.84. The van der Waals surface area contributed by atoms with Crippen LogP contribution in [0.3, 0.4) is 0 Å². The molecule has 0 aliphatic rings. The summed E-state index contributed by atoms with van der Waals surface area (Å²) in [6, 6.07) is 4.69. The summed E-state index contributed by atoms with van der Waals surface area (Å²) < 4.78 is 17.3. The van der Waals surface area contributed by atoms with E-state index in [1.807, 2.05) is 11.3 Å². The van der Waals surface area contributed by atoms with E-state index in [9.17, 15) is 0 Å². The molecule has 0 fully saturated rings. The topological polar surface area (TPSA) is 18.5 Å². The van der Waals surface area contributed by atoms with Gasteiger partial charge in [-0.3, -0.25) is 0 Å². The van der Waals surface area contributed by atoms with Crippen LogP contribution < -0.4 is 2.89 Å². The first kappa shape index (κ1) is 21.5. The van der Waals surface area contributed by atoms with Gasteiger partial charge >= 0.3 is 152 Å². The fourth-order valence-electron chi connectivity index (χ4n) is 3.38. The molecule has 0 amide bonds. The van der Waals surface area contributed by atoms with Crippen molar-refractivity contribution in [3.63, 3.8) is 0 Å². The van der Waals surface area contributed by atoms with Crippen molar-refractivity contribution in [1.29, 1.82) is 0 Å². The molecule has 1 aromatic rings. The molecule has 0 spiro atoms. The van der Waals surface area contributed by atoms with Crippen molar-refractivity contribution in [3.05, 3.63) is 17.0 Å². The van der Waals surface area contributed by atoms with Gasteiger partial charge in [-0.05, 0) is 0 Å². The Bertz CT molecular complexity index is 393. The molecule has 1 heterocycles. The van der Waals surface area contributed by atoms with Crippen LogP contribution in [0.4, 0.5) is 0 Å². The van der Waals surface area contributed by atoms with E-state index >= 15 is 0 Å². The quantitative estimate of drug-likeness (QED) is 0.269. The molecule has 0 aromatic carbocycles. The van der Waals surface area contributed by atoms with Crippen molar-refractivity contribution in [2.75, 3.05) is 14.2 Å². The van der Waals surface area contributed by atoms with Crippen molar-refractivity contribution in [2.45, 2.75) is 78.9 Å².